The van der Waals surface area contributed by atoms with E-state index < -0.39 is 6.10 Å². The number of aromatic nitrogens is 4. The van der Waals surface area contributed by atoms with Gasteiger partial charge in [0.05, 0.1) is 36.9 Å². The zero-order valence-corrected chi connectivity index (χ0v) is 26.7. The van der Waals surface area contributed by atoms with Crippen molar-refractivity contribution in [1.29, 1.82) is 0 Å². The monoisotopic (exact) mass is 643 g/mol. The van der Waals surface area contributed by atoms with Gasteiger partial charge in [-0.05, 0) is 66.8 Å². The fourth-order valence-corrected chi connectivity index (χ4v) is 7.36. The number of aliphatic hydroxyl groups excluding tert-OH is 1. The highest BCUT2D eigenvalue weighted by Crippen LogP contribution is 2.45. The van der Waals surface area contributed by atoms with Gasteiger partial charge in [-0.2, -0.15) is 5.10 Å². The van der Waals surface area contributed by atoms with Crippen LogP contribution in [0.15, 0.2) is 55.0 Å². The van der Waals surface area contributed by atoms with Crippen molar-refractivity contribution in [3.05, 3.63) is 83.2 Å². The average molecular weight is 644 g/mol. The molecule has 0 amide bonds. The lowest BCUT2D eigenvalue weighted by atomic mass is 9.95. The molecule has 12 heteroatoms. The maximum Gasteiger partial charge on any atom is 0.142 e. The Bertz CT molecular complexity index is 1820. The molecule has 3 N–H and O–H groups in total. The second-order valence-corrected chi connectivity index (χ2v) is 12.9. The van der Waals surface area contributed by atoms with Gasteiger partial charge in [-0.1, -0.05) is 12.1 Å². The van der Waals surface area contributed by atoms with Crippen LogP contribution in [0.1, 0.15) is 22.4 Å². The van der Waals surface area contributed by atoms with Gasteiger partial charge in [-0.25, -0.2) is 14.4 Å². The van der Waals surface area contributed by atoms with Crippen LogP contribution in [0.4, 0.5) is 15.9 Å². The minimum absolute atomic E-state index is 0.272. The Morgan fingerprint density at radius 3 is 2.87 bits per heavy atom. The molecule has 2 aromatic carbocycles. The highest BCUT2D eigenvalue weighted by Gasteiger charge is 2.27. The number of fused-ring (bicyclic) bond motifs is 5. The second-order valence-electron chi connectivity index (χ2n) is 11.9. The van der Waals surface area contributed by atoms with E-state index in [1.165, 1.54) is 22.6 Å². The lowest BCUT2D eigenvalue weighted by Crippen LogP contribution is -2.41. The molecular weight excluding hydrogens is 605 g/mol. The Hall–Kier alpha value is -3.94. The van der Waals surface area contributed by atoms with Gasteiger partial charge in [0.25, 0.3) is 0 Å². The molecule has 0 unspecified atom stereocenters. The number of hydrogen-bond donors (Lipinski definition) is 3. The standard InChI is InChI=1S/C34H38FN7O3S/c1-22-15-25(5-8-30(22)45-20-23-3-2-4-24(35)16-23)39-33-31-27-6-7-29-28(32(27)46-34(31)38-21-37-33)19-42(40-29)18-26(43)17-36-9-10-41-11-13-44-14-12-41/h2-5,8,15-16,19,21,26,36,43H,6-7,9-14,17-18,20H2,1H3,(H,37,38,39)/t26-/m1/s1. The van der Waals surface area contributed by atoms with Gasteiger partial charge in [-0.15, -0.1) is 11.3 Å². The Morgan fingerprint density at radius 1 is 1.13 bits per heavy atom. The van der Waals surface area contributed by atoms with E-state index >= 15 is 0 Å². The molecule has 4 heterocycles. The van der Waals surface area contributed by atoms with Gasteiger partial charge >= 0.3 is 0 Å². The first-order chi connectivity index (χ1) is 22.5. The Morgan fingerprint density at radius 2 is 2.02 bits per heavy atom. The number of hydrogen-bond acceptors (Lipinski definition) is 10. The quantitative estimate of drug-likeness (QED) is 0.167. The fourth-order valence-electron chi connectivity index (χ4n) is 6.14. The Balaban J connectivity index is 1.02. The van der Waals surface area contributed by atoms with Crippen LogP contribution in [0, 0.1) is 12.7 Å². The first-order valence-electron chi connectivity index (χ1n) is 15.8. The molecule has 5 aromatic rings. The zero-order chi connectivity index (χ0) is 31.5. The average Bonchev–Trinajstić information content (AvgIpc) is 3.65. The van der Waals surface area contributed by atoms with E-state index in [1.807, 2.05) is 35.9 Å². The minimum atomic E-state index is -0.531. The molecule has 0 saturated carbocycles. The number of anilines is 2. The fraction of sp³-hybridized carbons (Fsp3) is 0.382. The van der Waals surface area contributed by atoms with Crippen molar-refractivity contribution < 1.29 is 19.0 Å². The SMILES string of the molecule is Cc1cc(Nc2ncnc3sc4c(c23)CCc2nn(C[C@H](O)CNCCN3CCOCC3)cc2-4)ccc1OCc1cccc(F)c1. The van der Waals surface area contributed by atoms with E-state index in [-0.39, 0.29) is 5.82 Å². The molecule has 0 radical (unpaired) electrons. The number of halogens is 1. The van der Waals surface area contributed by atoms with Crippen molar-refractivity contribution in [2.24, 2.45) is 0 Å². The first kappa shape index (κ1) is 30.7. The largest absolute Gasteiger partial charge is 0.489 e. The van der Waals surface area contributed by atoms with Crippen LogP contribution in [0.25, 0.3) is 20.7 Å². The Labute approximate surface area is 271 Å². The summed E-state index contributed by atoms with van der Waals surface area (Å²) in [7, 11) is 0. The van der Waals surface area contributed by atoms with Crippen LogP contribution in [0.2, 0.25) is 0 Å². The predicted molar refractivity (Wildman–Crippen MR) is 177 cm³/mol. The molecule has 240 valence electrons. The number of aliphatic hydroxyl groups is 1. The zero-order valence-electron chi connectivity index (χ0n) is 25.8. The van der Waals surface area contributed by atoms with Crippen LogP contribution >= 0.6 is 11.3 Å². The smallest absolute Gasteiger partial charge is 0.142 e. The number of rotatable bonds is 12. The number of morpholine rings is 1. The van der Waals surface area contributed by atoms with Crippen molar-refractivity contribution in [2.75, 3.05) is 51.3 Å². The van der Waals surface area contributed by atoms with Crippen molar-refractivity contribution in [3.8, 4) is 16.2 Å². The molecule has 3 aromatic heterocycles. The molecule has 7 rings (SSSR count). The summed E-state index contributed by atoms with van der Waals surface area (Å²) >= 11 is 1.66. The molecule has 10 nitrogen and oxygen atoms in total. The maximum atomic E-state index is 13.5. The maximum absolute atomic E-state index is 13.5. The van der Waals surface area contributed by atoms with Crippen LogP contribution < -0.4 is 15.4 Å². The van der Waals surface area contributed by atoms with E-state index in [4.69, 9.17) is 14.6 Å². The molecular formula is C34H38FN7O3S. The summed E-state index contributed by atoms with van der Waals surface area (Å²) in [4.78, 5) is 13.7. The Kier molecular flexibility index (Phi) is 9.22. The number of benzene rings is 2. The molecule has 1 fully saturated rings. The molecule has 1 saturated heterocycles. The van der Waals surface area contributed by atoms with E-state index in [9.17, 15) is 9.50 Å². The predicted octanol–water partition coefficient (Wildman–Crippen LogP) is 4.71. The molecule has 0 spiro atoms. The van der Waals surface area contributed by atoms with Gasteiger partial charge in [0.1, 0.15) is 35.1 Å². The highest BCUT2D eigenvalue weighted by molar-refractivity contribution is 7.22. The van der Waals surface area contributed by atoms with E-state index in [2.05, 4.69) is 31.7 Å². The van der Waals surface area contributed by atoms with Crippen molar-refractivity contribution in [3.63, 3.8) is 0 Å². The topological polar surface area (TPSA) is 110 Å². The number of thiophene rings is 1. The number of aryl methyl sites for hydroxylation is 3. The molecule has 46 heavy (non-hydrogen) atoms. The van der Waals surface area contributed by atoms with Crippen LogP contribution in [-0.2, 0) is 30.7 Å². The lowest BCUT2D eigenvalue weighted by molar-refractivity contribution is 0.0379. The third-order valence-corrected chi connectivity index (χ3v) is 9.66. The van der Waals surface area contributed by atoms with Gasteiger partial charge in [-0.3, -0.25) is 9.58 Å². The lowest BCUT2D eigenvalue weighted by Gasteiger charge is -2.26. The van der Waals surface area contributed by atoms with Gasteiger partial charge in [0.15, 0.2) is 0 Å². The number of nitrogens with zero attached hydrogens (tertiary/aromatic N) is 5. The summed E-state index contributed by atoms with van der Waals surface area (Å²) < 4.78 is 26.8. The summed E-state index contributed by atoms with van der Waals surface area (Å²) in [5.74, 6) is 1.24. The molecule has 0 bridgehead atoms. The summed E-state index contributed by atoms with van der Waals surface area (Å²) in [5, 5.41) is 23.5. The molecule has 1 aliphatic carbocycles. The summed E-state index contributed by atoms with van der Waals surface area (Å²) in [6, 6.07) is 12.4. The number of ether oxygens (including phenoxy) is 2. The molecule has 1 aliphatic heterocycles. The van der Waals surface area contributed by atoms with E-state index in [0.29, 0.717) is 19.7 Å². The molecule has 1 atom stereocenters. The van der Waals surface area contributed by atoms with Crippen molar-refractivity contribution in [1.82, 2.24) is 30.0 Å². The highest BCUT2D eigenvalue weighted by atomic mass is 32.1. The van der Waals surface area contributed by atoms with Gasteiger partial charge in [0, 0.05) is 55.0 Å². The van der Waals surface area contributed by atoms with Gasteiger partial charge in [0.2, 0.25) is 0 Å². The minimum Gasteiger partial charge on any atom is -0.489 e. The normalized spacial score (nSPS) is 15.5. The summed E-state index contributed by atoms with van der Waals surface area (Å²) in [6.07, 6.45) is 4.80. The van der Waals surface area contributed by atoms with Crippen molar-refractivity contribution in [2.45, 2.75) is 39.0 Å². The van der Waals surface area contributed by atoms with Crippen molar-refractivity contribution >= 4 is 33.1 Å². The van der Waals surface area contributed by atoms with Crippen LogP contribution in [0.5, 0.6) is 5.75 Å². The summed E-state index contributed by atoms with van der Waals surface area (Å²) in [6.45, 7) is 8.56. The van der Waals surface area contributed by atoms with E-state index in [0.717, 1.165) is 102 Å². The van der Waals surface area contributed by atoms with Crippen LogP contribution in [0.3, 0.4) is 0 Å². The molecule has 2 aliphatic rings. The third kappa shape index (κ3) is 6.91. The van der Waals surface area contributed by atoms with Gasteiger partial charge < -0.3 is 25.2 Å². The number of nitrogens with one attached hydrogen (secondary N) is 2. The first-order valence-corrected chi connectivity index (χ1v) is 16.6. The third-order valence-electron chi connectivity index (χ3n) is 8.49. The second kappa shape index (κ2) is 13.8. The van der Waals surface area contributed by atoms with Crippen LogP contribution in [-0.4, -0.2) is 81.8 Å². The van der Waals surface area contributed by atoms with E-state index in [1.54, 1.807) is 23.7 Å². The summed E-state index contributed by atoms with van der Waals surface area (Å²) in [5.41, 5.74) is 6.03.